The van der Waals surface area contributed by atoms with E-state index in [2.05, 4.69) is 0 Å². The second-order valence-electron chi connectivity index (χ2n) is 8.81. The fourth-order valence-corrected chi connectivity index (χ4v) is 3.80. The van der Waals surface area contributed by atoms with Crippen LogP contribution in [0.4, 0.5) is 0 Å². The van der Waals surface area contributed by atoms with E-state index in [0.717, 1.165) is 0 Å². The average Bonchev–Trinajstić information content (AvgIpc) is 2.83. The Morgan fingerprint density at radius 1 is 1.08 bits per heavy atom. The highest BCUT2D eigenvalue weighted by atomic mass is 32.2. The number of esters is 1. The third kappa shape index (κ3) is 3.99. The van der Waals surface area contributed by atoms with E-state index in [4.69, 9.17) is 4.74 Å². The first-order valence-corrected chi connectivity index (χ1v) is 9.34. The highest BCUT2D eigenvalue weighted by molar-refractivity contribution is 7.97. The fraction of sp³-hybridized carbons (Fsp3) is 0.765. The summed E-state index contributed by atoms with van der Waals surface area (Å²) >= 11 is 0. The molecule has 1 aliphatic carbocycles. The second kappa shape index (κ2) is 5.86. The maximum Gasteiger partial charge on any atom is 0.349 e. The maximum absolute atomic E-state index is 12.8. The summed E-state index contributed by atoms with van der Waals surface area (Å²) in [5.41, 5.74) is -1.46. The number of carbonyl (C=O) groups excluding carboxylic acids is 1. The van der Waals surface area contributed by atoms with Crippen molar-refractivity contribution in [1.29, 1.82) is 0 Å². The van der Waals surface area contributed by atoms with Crippen LogP contribution < -0.4 is 0 Å². The molecule has 6 nitrogen and oxygen atoms in total. The average molecular weight is 360 g/mol. The Hall–Kier alpha value is -1.37. The summed E-state index contributed by atoms with van der Waals surface area (Å²) in [4.78, 5) is 23.4. The minimum atomic E-state index is -3.97. The zero-order chi connectivity index (χ0) is 19.3. The summed E-state index contributed by atoms with van der Waals surface area (Å²) in [5.74, 6) is -3.19. The first-order valence-electron chi connectivity index (χ1n) is 7.85. The molecule has 0 aromatic heterocycles. The van der Waals surface area contributed by atoms with E-state index in [0.29, 0.717) is 0 Å². The molecule has 138 valence electrons. The van der Waals surface area contributed by atoms with Crippen LogP contribution in [0, 0.1) is 17.3 Å². The van der Waals surface area contributed by atoms with E-state index in [-0.39, 0.29) is 0 Å². The molecular formula is C17H28O6S. The van der Waals surface area contributed by atoms with E-state index in [1.807, 2.05) is 0 Å². The molecule has 1 rings (SSSR count). The van der Waals surface area contributed by atoms with Gasteiger partial charge in [-0.1, -0.05) is 19.9 Å². The number of ether oxygens (including phenoxy) is 1. The number of carboxylic acid groups (broad SMARTS) is 1. The van der Waals surface area contributed by atoms with Crippen molar-refractivity contribution in [3.05, 3.63) is 11.0 Å². The summed E-state index contributed by atoms with van der Waals surface area (Å²) in [6, 6.07) is 0. The Kier molecular flexibility index (Phi) is 5.05. The van der Waals surface area contributed by atoms with Gasteiger partial charge in [-0.15, -0.1) is 0 Å². The number of aliphatic carboxylic acids is 1. The Morgan fingerprint density at radius 3 is 1.83 bits per heavy atom. The number of carbonyl (C=O) groups is 2. The maximum atomic E-state index is 12.8. The lowest BCUT2D eigenvalue weighted by atomic mass is 10.1. The van der Waals surface area contributed by atoms with Gasteiger partial charge < -0.3 is 9.84 Å². The molecule has 0 bridgehead atoms. The van der Waals surface area contributed by atoms with Crippen molar-refractivity contribution >= 4 is 21.8 Å². The Bertz CT molecular complexity index is 671. The third-order valence-corrected chi connectivity index (χ3v) is 6.70. The summed E-state index contributed by atoms with van der Waals surface area (Å²) in [7, 11) is -3.97. The van der Waals surface area contributed by atoms with E-state index in [1.165, 1.54) is 26.8 Å². The standard InChI is InChI=1S/C17H28O6S/c1-15(2,3)23-14(20)11(24(21,22)16(4,5)6)9-10-12(13(18)19)17(10,7)8/h9-10,12H,1-8H3,(H,18,19). The van der Waals surface area contributed by atoms with Crippen LogP contribution in [0.5, 0.6) is 0 Å². The zero-order valence-corrected chi connectivity index (χ0v) is 16.4. The van der Waals surface area contributed by atoms with Gasteiger partial charge in [-0.25, -0.2) is 13.2 Å². The molecule has 1 fully saturated rings. The minimum absolute atomic E-state index is 0.452. The molecule has 1 N–H and O–H groups in total. The molecule has 2 atom stereocenters. The lowest BCUT2D eigenvalue weighted by molar-refractivity contribution is -0.149. The van der Waals surface area contributed by atoms with Crippen molar-refractivity contribution < 1.29 is 27.9 Å². The lowest BCUT2D eigenvalue weighted by Crippen LogP contribution is -2.35. The second-order valence-corrected chi connectivity index (χ2v) is 11.5. The number of allylic oxidation sites excluding steroid dienone is 1. The number of hydrogen-bond donors (Lipinski definition) is 1. The number of rotatable bonds is 4. The highest BCUT2D eigenvalue weighted by Gasteiger charge is 2.61. The third-order valence-electron chi connectivity index (χ3n) is 4.20. The Morgan fingerprint density at radius 2 is 1.54 bits per heavy atom. The van der Waals surface area contributed by atoms with Gasteiger partial charge >= 0.3 is 11.9 Å². The van der Waals surface area contributed by atoms with Crippen LogP contribution in [0.15, 0.2) is 11.0 Å². The number of carboxylic acids is 1. The van der Waals surface area contributed by atoms with Gasteiger partial charge in [-0.05, 0) is 52.9 Å². The van der Waals surface area contributed by atoms with Crippen molar-refractivity contribution in [2.75, 3.05) is 0 Å². The molecule has 1 saturated carbocycles. The van der Waals surface area contributed by atoms with E-state index < -0.39 is 54.3 Å². The monoisotopic (exact) mass is 360 g/mol. The van der Waals surface area contributed by atoms with E-state index in [9.17, 15) is 23.1 Å². The number of hydrogen-bond acceptors (Lipinski definition) is 5. The SMILES string of the molecule is CC(C)(C)OC(=O)C(=CC1C(C(=O)O)C1(C)C)S(=O)(=O)C(C)(C)C. The largest absolute Gasteiger partial charge is 0.481 e. The molecule has 7 heteroatoms. The van der Waals surface area contributed by atoms with E-state index in [1.54, 1.807) is 34.6 Å². The van der Waals surface area contributed by atoms with Crippen LogP contribution in [0.25, 0.3) is 0 Å². The molecule has 1 aliphatic rings. The summed E-state index contributed by atoms with van der Waals surface area (Å²) in [6.45, 7) is 12.9. The van der Waals surface area contributed by atoms with Gasteiger partial charge in [0.25, 0.3) is 0 Å². The van der Waals surface area contributed by atoms with Crippen molar-refractivity contribution in [2.45, 2.75) is 65.7 Å². The predicted octanol–water partition coefficient (Wildman–Crippen LogP) is 2.78. The Balaban J connectivity index is 3.40. The van der Waals surface area contributed by atoms with Crippen LogP contribution in [-0.2, 0) is 24.2 Å². The smallest absolute Gasteiger partial charge is 0.349 e. The quantitative estimate of drug-likeness (QED) is 0.611. The van der Waals surface area contributed by atoms with Gasteiger partial charge in [0.2, 0.25) is 0 Å². The zero-order valence-electron chi connectivity index (χ0n) is 15.6. The van der Waals surface area contributed by atoms with Crippen molar-refractivity contribution in [3.8, 4) is 0 Å². The van der Waals surface area contributed by atoms with Gasteiger partial charge in [0.15, 0.2) is 9.84 Å². The molecular weight excluding hydrogens is 332 g/mol. The van der Waals surface area contributed by atoms with Crippen LogP contribution >= 0.6 is 0 Å². The summed E-state index contributed by atoms with van der Waals surface area (Å²) in [6.07, 6.45) is 1.27. The molecule has 24 heavy (non-hydrogen) atoms. The van der Waals surface area contributed by atoms with Crippen LogP contribution in [0.3, 0.4) is 0 Å². The Labute approximate surface area is 144 Å². The molecule has 2 unspecified atom stereocenters. The van der Waals surface area contributed by atoms with Gasteiger partial charge in [0.1, 0.15) is 10.5 Å². The van der Waals surface area contributed by atoms with Crippen LogP contribution in [0.2, 0.25) is 0 Å². The molecule has 0 spiro atoms. The molecule has 0 radical (unpaired) electrons. The predicted molar refractivity (Wildman–Crippen MR) is 91.0 cm³/mol. The molecule has 0 heterocycles. The van der Waals surface area contributed by atoms with E-state index >= 15 is 0 Å². The van der Waals surface area contributed by atoms with Gasteiger partial charge in [0, 0.05) is 0 Å². The van der Waals surface area contributed by atoms with Gasteiger partial charge in [0.05, 0.1) is 10.7 Å². The first kappa shape index (κ1) is 20.7. The molecule has 0 aromatic rings. The van der Waals surface area contributed by atoms with Crippen molar-refractivity contribution in [3.63, 3.8) is 0 Å². The van der Waals surface area contributed by atoms with Crippen molar-refractivity contribution in [2.24, 2.45) is 17.3 Å². The summed E-state index contributed by atoms with van der Waals surface area (Å²) < 4.78 is 29.7. The molecule has 0 aliphatic heterocycles. The summed E-state index contributed by atoms with van der Waals surface area (Å²) in [5, 5.41) is 9.27. The van der Waals surface area contributed by atoms with Crippen LogP contribution in [-0.4, -0.2) is 35.8 Å². The normalized spacial score (nSPS) is 24.4. The van der Waals surface area contributed by atoms with Gasteiger partial charge in [-0.2, -0.15) is 0 Å². The molecule has 0 amide bonds. The lowest BCUT2D eigenvalue weighted by Gasteiger charge is -2.24. The molecule has 0 aromatic carbocycles. The van der Waals surface area contributed by atoms with Crippen LogP contribution in [0.1, 0.15) is 55.4 Å². The van der Waals surface area contributed by atoms with Crippen molar-refractivity contribution in [1.82, 2.24) is 0 Å². The topological polar surface area (TPSA) is 97.7 Å². The number of sulfone groups is 1. The highest BCUT2D eigenvalue weighted by Crippen LogP contribution is 2.59. The minimum Gasteiger partial charge on any atom is -0.481 e. The van der Waals surface area contributed by atoms with Gasteiger partial charge in [-0.3, -0.25) is 4.79 Å². The fourth-order valence-electron chi connectivity index (χ4n) is 2.55. The molecule has 0 saturated heterocycles. The first-order chi connectivity index (χ1) is 10.4.